The molecule has 2 atom stereocenters. The van der Waals surface area contributed by atoms with Gasteiger partial charge in [-0.1, -0.05) is 30.7 Å². The van der Waals surface area contributed by atoms with Crippen LogP contribution >= 0.6 is 0 Å². The number of hydrogen-bond acceptors (Lipinski definition) is 3. The van der Waals surface area contributed by atoms with Crippen molar-refractivity contribution in [3.8, 4) is 0 Å². The molecule has 0 aromatic heterocycles. The minimum atomic E-state index is -4.45. The second-order valence-corrected chi connectivity index (χ2v) is 12.1. The van der Waals surface area contributed by atoms with E-state index in [2.05, 4.69) is 5.32 Å². The van der Waals surface area contributed by atoms with Gasteiger partial charge in [-0.15, -0.1) is 0 Å². The molecule has 1 heterocycles. The summed E-state index contributed by atoms with van der Waals surface area (Å²) in [4.78, 5) is 0. The van der Waals surface area contributed by atoms with Crippen LogP contribution in [0.4, 0.5) is 17.6 Å². The van der Waals surface area contributed by atoms with Gasteiger partial charge in [0.1, 0.15) is 5.82 Å². The second kappa shape index (κ2) is 8.31. The number of benzene rings is 2. The first-order valence-corrected chi connectivity index (χ1v) is 13.2. The third-order valence-electron chi connectivity index (χ3n) is 8.12. The maximum Gasteiger partial charge on any atom is 0.416 e. The van der Waals surface area contributed by atoms with E-state index < -0.39 is 27.2 Å². The molecule has 1 N–H and O–H groups in total. The van der Waals surface area contributed by atoms with Gasteiger partial charge < -0.3 is 5.32 Å². The molecular formula is C25H28F4N2O2S. The number of fused-ring (bicyclic) bond motifs is 1. The Morgan fingerprint density at radius 2 is 1.85 bits per heavy atom. The number of nitrogens with one attached hydrogen (secondary N) is 1. The summed E-state index contributed by atoms with van der Waals surface area (Å²) in [6.07, 6.45) is -1.33. The first-order valence-electron chi connectivity index (χ1n) is 11.7. The predicted octanol–water partition coefficient (Wildman–Crippen LogP) is 4.28. The van der Waals surface area contributed by atoms with Crippen LogP contribution in [0.1, 0.15) is 41.5 Å². The Kier molecular flexibility index (Phi) is 5.81. The van der Waals surface area contributed by atoms with Crippen LogP contribution in [0.3, 0.4) is 0 Å². The smallest absolute Gasteiger partial charge is 0.316 e. The van der Waals surface area contributed by atoms with Gasteiger partial charge in [0.2, 0.25) is 10.0 Å². The number of hydrogen-bond donors (Lipinski definition) is 1. The molecule has 34 heavy (non-hydrogen) atoms. The number of halogens is 4. The molecule has 2 unspecified atom stereocenters. The minimum absolute atomic E-state index is 0.0962. The van der Waals surface area contributed by atoms with E-state index in [1.807, 2.05) is 0 Å². The van der Waals surface area contributed by atoms with E-state index in [0.717, 1.165) is 23.6 Å². The van der Waals surface area contributed by atoms with Gasteiger partial charge in [-0.3, -0.25) is 0 Å². The van der Waals surface area contributed by atoms with Crippen LogP contribution in [0.15, 0.2) is 42.5 Å². The lowest BCUT2D eigenvalue weighted by Gasteiger charge is -2.52. The van der Waals surface area contributed by atoms with E-state index in [4.69, 9.17) is 0 Å². The summed E-state index contributed by atoms with van der Waals surface area (Å²) in [6.45, 7) is 0.652. The van der Waals surface area contributed by atoms with Gasteiger partial charge in [-0.25, -0.2) is 17.1 Å². The second-order valence-electron chi connectivity index (χ2n) is 9.87. The van der Waals surface area contributed by atoms with Crippen molar-refractivity contribution in [2.75, 3.05) is 20.1 Å². The molecule has 9 heteroatoms. The van der Waals surface area contributed by atoms with Gasteiger partial charge in [-0.05, 0) is 73.5 Å². The van der Waals surface area contributed by atoms with Gasteiger partial charge in [0, 0.05) is 24.5 Å². The number of sulfonamides is 1. The third kappa shape index (κ3) is 3.76. The average molecular weight is 497 g/mol. The zero-order valence-corrected chi connectivity index (χ0v) is 19.7. The quantitative estimate of drug-likeness (QED) is 0.608. The SMILES string of the molecule is CNC1Cc2cc(F)ccc2C1(Cc1cccc(C(F)(F)F)c1)C1CN(S(=O)(=O)C2CCC2)C1. The van der Waals surface area contributed by atoms with Crippen molar-refractivity contribution < 1.29 is 26.0 Å². The van der Waals surface area contributed by atoms with Crippen molar-refractivity contribution in [1.82, 2.24) is 9.62 Å². The van der Waals surface area contributed by atoms with Crippen molar-refractivity contribution in [3.05, 3.63) is 70.5 Å². The molecule has 5 rings (SSSR count). The molecule has 2 fully saturated rings. The molecule has 2 aromatic rings. The van der Waals surface area contributed by atoms with Gasteiger partial charge in [0.15, 0.2) is 0 Å². The Bertz CT molecular complexity index is 1190. The van der Waals surface area contributed by atoms with Gasteiger partial charge in [0.05, 0.1) is 10.8 Å². The molecule has 184 valence electrons. The lowest BCUT2D eigenvalue weighted by atomic mass is 9.63. The molecule has 2 aliphatic carbocycles. The van der Waals surface area contributed by atoms with Crippen LogP contribution in [-0.2, 0) is 34.5 Å². The van der Waals surface area contributed by atoms with Crippen LogP contribution in [0, 0.1) is 11.7 Å². The lowest BCUT2D eigenvalue weighted by molar-refractivity contribution is -0.137. The molecule has 0 spiro atoms. The van der Waals surface area contributed by atoms with Crippen LogP contribution in [0.5, 0.6) is 0 Å². The fraction of sp³-hybridized carbons (Fsp3) is 0.520. The van der Waals surface area contributed by atoms with Crippen molar-refractivity contribution in [1.29, 1.82) is 0 Å². The molecular weight excluding hydrogens is 468 g/mol. The molecule has 2 aromatic carbocycles. The first kappa shape index (κ1) is 23.8. The van der Waals surface area contributed by atoms with Crippen LogP contribution in [-0.4, -0.2) is 44.2 Å². The van der Waals surface area contributed by atoms with E-state index in [1.54, 1.807) is 19.2 Å². The summed E-state index contributed by atoms with van der Waals surface area (Å²) in [5.74, 6) is -0.452. The van der Waals surface area contributed by atoms with Crippen LogP contribution < -0.4 is 5.32 Å². The Balaban J connectivity index is 1.54. The molecule has 1 aliphatic heterocycles. The van der Waals surface area contributed by atoms with Gasteiger partial charge >= 0.3 is 6.18 Å². The Morgan fingerprint density at radius 3 is 2.47 bits per heavy atom. The van der Waals surface area contributed by atoms with Crippen LogP contribution in [0.25, 0.3) is 0 Å². The summed E-state index contributed by atoms with van der Waals surface area (Å²) in [7, 11) is -1.56. The highest BCUT2D eigenvalue weighted by Gasteiger charge is 2.57. The number of nitrogens with zero attached hydrogens (tertiary/aromatic N) is 1. The Hall–Kier alpha value is -1.97. The lowest BCUT2D eigenvalue weighted by Crippen LogP contribution is -2.64. The highest BCUT2D eigenvalue weighted by Crippen LogP contribution is 2.51. The van der Waals surface area contributed by atoms with Crippen molar-refractivity contribution in [3.63, 3.8) is 0 Å². The van der Waals surface area contributed by atoms with Gasteiger partial charge in [-0.2, -0.15) is 13.2 Å². The largest absolute Gasteiger partial charge is 0.416 e. The minimum Gasteiger partial charge on any atom is -0.316 e. The summed E-state index contributed by atoms with van der Waals surface area (Å²) in [5.41, 5.74) is 0.907. The zero-order valence-electron chi connectivity index (χ0n) is 18.9. The first-order chi connectivity index (χ1) is 16.1. The van der Waals surface area contributed by atoms with E-state index in [9.17, 15) is 26.0 Å². The maximum absolute atomic E-state index is 14.1. The molecule has 0 radical (unpaired) electrons. The summed E-state index contributed by atoms with van der Waals surface area (Å²) in [6, 6.07) is 9.80. The molecule has 3 aliphatic rings. The topological polar surface area (TPSA) is 49.4 Å². The molecule has 4 nitrogen and oxygen atoms in total. The molecule has 1 saturated heterocycles. The van der Waals surface area contributed by atoms with Crippen molar-refractivity contribution >= 4 is 10.0 Å². The standard InChI is InChI=1S/C25H28F4N2O2S/c1-30-23-12-17-11-20(26)8-9-22(17)24(23,13-16-4-2-5-18(10-16)25(27,28)29)19-14-31(15-19)34(32,33)21-6-3-7-21/h2,4-5,8-11,19,21,23,30H,3,6-7,12-15H2,1H3. The van der Waals surface area contributed by atoms with Crippen LogP contribution in [0.2, 0.25) is 0 Å². The molecule has 0 bridgehead atoms. The van der Waals surface area contributed by atoms with Crippen molar-refractivity contribution in [2.45, 2.75) is 55.0 Å². The summed E-state index contributed by atoms with van der Waals surface area (Å²) in [5, 5.41) is 3.00. The number of rotatable bonds is 6. The van der Waals surface area contributed by atoms with Gasteiger partial charge in [0.25, 0.3) is 0 Å². The average Bonchev–Trinajstić information content (AvgIpc) is 2.97. The normalized spacial score (nSPS) is 26.2. The third-order valence-corrected chi connectivity index (χ3v) is 10.5. The van der Waals surface area contributed by atoms with Crippen molar-refractivity contribution in [2.24, 2.45) is 5.92 Å². The molecule has 0 amide bonds. The fourth-order valence-electron chi connectivity index (χ4n) is 6.05. The fourth-order valence-corrected chi connectivity index (χ4v) is 8.17. The maximum atomic E-state index is 14.1. The molecule has 1 saturated carbocycles. The van der Waals surface area contributed by atoms with E-state index in [1.165, 1.54) is 28.6 Å². The predicted molar refractivity (Wildman–Crippen MR) is 121 cm³/mol. The number of alkyl halides is 3. The zero-order chi connectivity index (χ0) is 24.3. The van der Waals surface area contributed by atoms with E-state index in [-0.39, 0.29) is 23.0 Å². The summed E-state index contributed by atoms with van der Waals surface area (Å²) < 4.78 is 81.7. The van der Waals surface area contributed by atoms with E-state index in [0.29, 0.717) is 44.3 Å². The monoisotopic (exact) mass is 496 g/mol. The summed E-state index contributed by atoms with van der Waals surface area (Å²) >= 11 is 0. The Morgan fingerprint density at radius 1 is 1.12 bits per heavy atom. The highest BCUT2D eigenvalue weighted by atomic mass is 32.2. The highest BCUT2D eigenvalue weighted by molar-refractivity contribution is 7.89. The number of likely N-dealkylation sites (N-methyl/N-ethyl adjacent to an activating group) is 1. The Labute approximate surface area is 197 Å². The van der Waals surface area contributed by atoms with E-state index >= 15 is 0 Å².